The normalized spacial score (nSPS) is 16.7. The van der Waals surface area contributed by atoms with Crippen LogP contribution < -0.4 is 16.0 Å². The SMILES string of the molecule is Cl.Cn1ccnc1C1CNCCN1CC(=O)NCC(=O)Nc1ccc(F)c(F)c1. The number of carbonyl (C=O) groups is 2. The molecule has 1 fully saturated rings. The van der Waals surface area contributed by atoms with Gasteiger partial charge in [-0.05, 0) is 12.1 Å². The topological polar surface area (TPSA) is 91.3 Å². The minimum Gasteiger partial charge on any atom is -0.346 e. The summed E-state index contributed by atoms with van der Waals surface area (Å²) in [6.07, 6.45) is 3.57. The number of halogens is 3. The van der Waals surface area contributed by atoms with E-state index in [1.54, 1.807) is 6.20 Å². The van der Waals surface area contributed by atoms with Gasteiger partial charge in [0.2, 0.25) is 11.8 Å². The lowest BCUT2D eigenvalue weighted by molar-refractivity contribution is -0.125. The highest BCUT2D eigenvalue weighted by Crippen LogP contribution is 2.19. The number of hydrogen-bond acceptors (Lipinski definition) is 5. The second-order valence-corrected chi connectivity index (χ2v) is 6.54. The number of imidazole rings is 1. The summed E-state index contributed by atoms with van der Waals surface area (Å²) in [4.78, 5) is 30.6. The van der Waals surface area contributed by atoms with E-state index in [1.807, 2.05) is 22.7 Å². The van der Waals surface area contributed by atoms with Gasteiger partial charge in [-0.15, -0.1) is 12.4 Å². The van der Waals surface area contributed by atoms with Gasteiger partial charge in [0.1, 0.15) is 5.82 Å². The number of piperazine rings is 1. The maximum atomic E-state index is 13.2. The van der Waals surface area contributed by atoms with Crippen molar-refractivity contribution in [1.82, 2.24) is 25.1 Å². The number of aryl methyl sites for hydroxylation is 1. The maximum Gasteiger partial charge on any atom is 0.243 e. The summed E-state index contributed by atoms with van der Waals surface area (Å²) in [6, 6.07) is 3.01. The first kappa shape index (κ1) is 22.7. The second kappa shape index (κ2) is 10.3. The lowest BCUT2D eigenvalue weighted by Crippen LogP contribution is -2.50. The van der Waals surface area contributed by atoms with E-state index in [4.69, 9.17) is 0 Å². The van der Waals surface area contributed by atoms with E-state index in [9.17, 15) is 18.4 Å². The highest BCUT2D eigenvalue weighted by atomic mass is 35.5. The Bertz CT molecular complexity index is 863. The predicted molar refractivity (Wildman–Crippen MR) is 106 cm³/mol. The molecule has 2 amide bonds. The zero-order valence-corrected chi connectivity index (χ0v) is 16.6. The zero-order valence-electron chi connectivity index (χ0n) is 15.8. The Balaban J connectivity index is 0.00000300. The van der Waals surface area contributed by atoms with Crippen molar-refractivity contribution in [3.8, 4) is 0 Å². The second-order valence-electron chi connectivity index (χ2n) is 6.54. The molecule has 158 valence electrons. The van der Waals surface area contributed by atoms with Crippen molar-refractivity contribution < 1.29 is 18.4 Å². The first-order chi connectivity index (χ1) is 13.4. The van der Waals surface area contributed by atoms with Crippen LogP contribution in [0.1, 0.15) is 11.9 Å². The molecular weight excluding hydrogens is 406 g/mol. The van der Waals surface area contributed by atoms with Crippen LogP contribution in [0.2, 0.25) is 0 Å². The van der Waals surface area contributed by atoms with Gasteiger partial charge < -0.3 is 20.5 Å². The molecule has 2 heterocycles. The van der Waals surface area contributed by atoms with Crippen LogP contribution in [-0.2, 0) is 16.6 Å². The highest BCUT2D eigenvalue weighted by molar-refractivity contribution is 5.94. The molecule has 3 N–H and O–H groups in total. The molecule has 11 heteroatoms. The van der Waals surface area contributed by atoms with E-state index >= 15 is 0 Å². The van der Waals surface area contributed by atoms with Crippen molar-refractivity contribution in [3.05, 3.63) is 48.1 Å². The molecule has 29 heavy (non-hydrogen) atoms. The molecule has 1 aromatic carbocycles. The van der Waals surface area contributed by atoms with E-state index in [0.29, 0.717) is 13.1 Å². The average Bonchev–Trinajstić information content (AvgIpc) is 3.09. The molecule has 0 spiro atoms. The van der Waals surface area contributed by atoms with Crippen molar-refractivity contribution in [1.29, 1.82) is 0 Å². The third-order valence-electron chi connectivity index (χ3n) is 4.51. The summed E-state index contributed by atoms with van der Waals surface area (Å²) in [5, 5.41) is 8.25. The number of amides is 2. The van der Waals surface area contributed by atoms with Crippen LogP contribution >= 0.6 is 12.4 Å². The Labute approximate surface area is 173 Å². The lowest BCUT2D eigenvalue weighted by Gasteiger charge is -2.35. The van der Waals surface area contributed by atoms with Gasteiger partial charge in [0.25, 0.3) is 0 Å². The summed E-state index contributed by atoms with van der Waals surface area (Å²) in [6.45, 7) is 1.96. The molecule has 8 nitrogen and oxygen atoms in total. The van der Waals surface area contributed by atoms with E-state index in [1.165, 1.54) is 6.07 Å². The number of nitrogens with zero attached hydrogens (tertiary/aromatic N) is 3. The molecule has 3 rings (SSSR count). The molecule has 1 atom stereocenters. The van der Waals surface area contributed by atoms with Crippen LogP contribution in [0.4, 0.5) is 14.5 Å². The number of hydrogen-bond donors (Lipinski definition) is 3. The number of carbonyl (C=O) groups excluding carboxylic acids is 2. The fourth-order valence-corrected chi connectivity index (χ4v) is 3.09. The van der Waals surface area contributed by atoms with Crippen molar-refractivity contribution in [3.63, 3.8) is 0 Å². The monoisotopic (exact) mass is 428 g/mol. The Morgan fingerprint density at radius 1 is 1.28 bits per heavy atom. The molecule has 2 aromatic rings. The smallest absolute Gasteiger partial charge is 0.243 e. The van der Waals surface area contributed by atoms with Gasteiger partial charge in [-0.1, -0.05) is 0 Å². The molecule has 1 saturated heterocycles. The number of anilines is 1. The standard InChI is InChI=1S/C18H22F2N6O2.ClH/c1-25-6-5-22-18(25)15-9-21-4-7-26(15)11-17(28)23-10-16(27)24-12-2-3-13(19)14(20)8-12;/h2-3,5-6,8,15,21H,4,7,9-11H2,1H3,(H,23,28)(H,24,27);1H. The quantitative estimate of drug-likeness (QED) is 0.633. The first-order valence-corrected chi connectivity index (χ1v) is 8.87. The van der Waals surface area contributed by atoms with Crippen LogP contribution in [-0.4, -0.2) is 59.0 Å². The molecule has 1 aromatic heterocycles. The first-order valence-electron chi connectivity index (χ1n) is 8.87. The van der Waals surface area contributed by atoms with Gasteiger partial charge in [-0.25, -0.2) is 13.8 Å². The van der Waals surface area contributed by atoms with E-state index in [2.05, 4.69) is 20.9 Å². The summed E-state index contributed by atoms with van der Waals surface area (Å²) in [7, 11) is 1.90. The lowest BCUT2D eigenvalue weighted by atomic mass is 10.1. The zero-order chi connectivity index (χ0) is 20.1. The molecule has 0 bridgehead atoms. The van der Waals surface area contributed by atoms with Crippen LogP contribution in [0.5, 0.6) is 0 Å². The molecule has 1 aliphatic rings. The van der Waals surface area contributed by atoms with Crippen molar-refractivity contribution >= 4 is 29.9 Å². The summed E-state index contributed by atoms with van der Waals surface area (Å²) in [5.41, 5.74) is 0.120. The van der Waals surface area contributed by atoms with E-state index in [-0.39, 0.29) is 43.1 Å². The summed E-state index contributed by atoms with van der Waals surface area (Å²) in [5.74, 6) is -2.02. The highest BCUT2D eigenvalue weighted by Gasteiger charge is 2.28. The third-order valence-corrected chi connectivity index (χ3v) is 4.51. The van der Waals surface area contributed by atoms with Crippen molar-refractivity contribution in [2.45, 2.75) is 6.04 Å². The maximum absolute atomic E-state index is 13.2. The number of benzene rings is 1. The molecule has 0 saturated carbocycles. The van der Waals surface area contributed by atoms with Gasteiger partial charge in [-0.2, -0.15) is 0 Å². The van der Waals surface area contributed by atoms with Crippen LogP contribution in [0.25, 0.3) is 0 Å². The Morgan fingerprint density at radius 2 is 2.07 bits per heavy atom. The number of aromatic nitrogens is 2. The number of nitrogens with one attached hydrogen (secondary N) is 3. The van der Waals surface area contributed by atoms with Gasteiger partial charge in [0.05, 0.1) is 19.1 Å². The van der Waals surface area contributed by atoms with Crippen LogP contribution in [0.3, 0.4) is 0 Å². The van der Waals surface area contributed by atoms with Crippen molar-refractivity contribution in [2.75, 3.05) is 38.0 Å². The molecule has 1 unspecified atom stereocenters. The largest absolute Gasteiger partial charge is 0.346 e. The molecule has 1 aliphatic heterocycles. The van der Waals surface area contributed by atoms with Gasteiger partial charge in [0, 0.05) is 50.8 Å². The van der Waals surface area contributed by atoms with Crippen molar-refractivity contribution in [2.24, 2.45) is 7.05 Å². The summed E-state index contributed by atoms with van der Waals surface area (Å²) >= 11 is 0. The number of rotatable bonds is 6. The van der Waals surface area contributed by atoms with Gasteiger partial charge in [0.15, 0.2) is 11.6 Å². The van der Waals surface area contributed by atoms with Gasteiger partial charge in [-0.3, -0.25) is 14.5 Å². The molecular formula is C18H23ClF2N6O2. The van der Waals surface area contributed by atoms with Gasteiger partial charge >= 0.3 is 0 Å². The fourth-order valence-electron chi connectivity index (χ4n) is 3.09. The minimum atomic E-state index is -1.05. The molecule has 0 aliphatic carbocycles. The fraction of sp³-hybridized carbons (Fsp3) is 0.389. The Kier molecular flexibility index (Phi) is 8.06. The van der Waals surface area contributed by atoms with E-state index in [0.717, 1.165) is 24.5 Å². The average molecular weight is 429 g/mol. The van der Waals surface area contributed by atoms with E-state index < -0.39 is 17.5 Å². The minimum absolute atomic E-state index is 0. The van der Waals surface area contributed by atoms with Crippen LogP contribution in [0, 0.1) is 11.6 Å². The summed E-state index contributed by atoms with van der Waals surface area (Å²) < 4.78 is 28.0. The van der Waals surface area contributed by atoms with Crippen LogP contribution in [0.15, 0.2) is 30.6 Å². The predicted octanol–water partition coefficient (Wildman–Crippen LogP) is 0.821. The molecule has 0 radical (unpaired) electrons. The Hall–Kier alpha value is -2.56. The third kappa shape index (κ3) is 5.96. The Morgan fingerprint density at radius 3 is 2.76 bits per heavy atom.